The molecular formula is C21H17F3N7Na2O5P. The zero-order valence-electron chi connectivity index (χ0n) is 21.0. The Bertz CT molecular complexity index is 1620. The Kier molecular flexibility index (Phi) is 11.3. The number of nitrogens with zero attached hydrogens (tertiary/aromatic N) is 7. The number of phosphoric ester groups is 1. The maximum atomic E-state index is 13.0. The van der Waals surface area contributed by atoms with Crippen LogP contribution >= 0.6 is 7.82 Å². The summed E-state index contributed by atoms with van der Waals surface area (Å²) in [6.45, 7) is 1.03. The molecule has 4 aromatic rings. The largest absolute Gasteiger partial charge is 1.00 e. The number of halogens is 3. The molecule has 0 atom stereocenters. The van der Waals surface area contributed by atoms with Crippen LogP contribution in [0.1, 0.15) is 30.3 Å². The molecule has 0 radical (unpaired) electrons. The van der Waals surface area contributed by atoms with Gasteiger partial charge in [0.1, 0.15) is 18.6 Å². The van der Waals surface area contributed by atoms with E-state index in [2.05, 4.69) is 19.6 Å². The van der Waals surface area contributed by atoms with Crippen LogP contribution in [0.3, 0.4) is 0 Å². The maximum Gasteiger partial charge on any atom is 1.00 e. The number of hydrogen-bond donors (Lipinski definition) is 0. The quantitative estimate of drug-likeness (QED) is 0.148. The van der Waals surface area contributed by atoms with Crippen LogP contribution in [-0.2, 0) is 35.1 Å². The molecule has 0 N–H and O–H groups in total. The summed E-state index contributed by atoms with van der Waals surface area (Å²) in [5, 5.41) is 13.6. The third kappa shape index (κ3) is 7.68. The molecule has 3 heterocycles. The van der Waals surface area contributed by atoms with Gasteiger partial charge in [0.2, 0.25) is 5.82 Å². The minimum absolute atomic E-state index is 0. The predicted molar refractivity (Wildman–Crippen MR) is 117 cm³/mol. The van der Waals surface area contributed by atoms with Gasteiger partial charge in [0, 0.05) is 12.7 Å². The molecule has 0 unspecified atom stereocenters. The first-order chi connectivity index (χ1) is 17.4. The summed E-state index contributed by atoms with van der Waals surface area (Å²) in [5.74, 6) is -0.304. The molecule has 0 saturated heterocycles. The van der Waals surface area contributed by atoms with E-state index in [1.165, 1.54) is 29.2 Å². The summed E-state index contributed by atoms with van der Waals surface area (Å²) >= 11 is 0. The molecule has 0 aliphatic heterocycles. The van der Waals surface area contributed by atoms with E-state index in [9.17, 15) is 37.6 Å². The summed E-state index contributed by atoms with van der Waals surface area (Å²) < 4.78 is 58.1. The van der Waals surface area contributed by atoms with Gasteiger partial charge in [-0.1, -0.05) is 19.1 Å². The summed E-state index contributed by atoms with van der Waals surface area (Å²) in [4.78, 5) is 43.6. The summed E-state index contributed by atoms with van der Waals surface area (Å²) in [6, 6.07) is 6.48. The van der Waals surface area contributed by atoms with Gasteiger partial charge in [0.05, 0.1) is 31.7 Å². The summed E-state index contributed by atoms with van der Waals surface area (Å²) in [6.07, 6.45) is -1.31. The fourth-order valence-electron chi connectivity index (χ4n) is 3.67. The van der Waals surface area contributed by atoms with Crippen LogP contribution in [0.4, 0.5) is 13.2 Å². The molecule has 4 rings (SSSR count). The molecule has 0 saturated carbocycles. The van der Waals surface area contributed by atoms with Crippen molar-refractivity contribution in [2.45, 2.75) is 39.3 Å². The Morgan fingerprint density at radius 2 is 1.90 bits per heavy atom. The van der Waals surface area contributed by atoms with E-state index in [0.717, 1.165) is 21.3 Å². The molecule has 0 amide bonds. The Balaban J connectivity index is 0.00000267. The first kappa shape index (κ1) is 33.4. The third-order valence-electron chi connectivity index (χ3n) is 5.24. The molecule has 0 aliphatic rings. The first-order valence-corrected chi connectivity index (χ1v) is 12.1. The zero-order chi connectivity index (χ0) is 27.0. The maximum absolute atomic E-state index is 13.0. The molecule has 18 heteroatoms. The Morgan fingerprint density at radius 1 is 1.18 bits per heavy atom. The molecule has 3 aromatic heterocycles. The number of imidazole rings is 1. The molecule has 0 spiro atoms. The van der Waals surface area contributed by atoms with E-state index >= 15 is 0 Å². The molecule has 0 aliphatic carbocycles. The fraction of sp³-hybridized carbons (Fsp3) is 0.286. The van der Waals surface area contributed by atoms with E-state index in [-0.39, 0.29) is 101 Å². The van der Waals surface area contributed by atoms with Crippen molar-refractivity contribution in [1.29, 1.82) is 5.26 Å². The number of hydrogen-bond acceptors (Lipinski definition) is 9. The SMILES string of the molecule is CCCn1c(C#N)nc2c(nc(-c3cnn(Cc4cccc(C(F)(F)F)c4)c3)n2COP(=O)([O-])[O-])c1=O.[Na+].[Na+]. The van der Waals surface area contributed by atoms with E-state index in [4.69, 9.17) is 0 Å². The number of nitriles is 1. The minimum atomic E-state index is -5.44. The van der Waals surface area contributed by atoms with Crippen LogP contribution in [0, 0.1) is 11.3 Å². The van der Waals surface area contributed by atoms with Gasteiger partial charge in [-0.25, -0.2) is 9.97 Å². The second-order valence-corrected chi connectivity index (χ2v) is 9.02. The smallest absolute Gasteiger partial charge is 0.790 e. The van der Waals surface area contributed by atoms with Crippen molar-refractivity contribution >= 4 is 19.0 Å². The van der Waals surface area contributed by atoms with E-state index in [0.29, 0.717) is 12.0 Å². The van der Waals surface area contributed by atoms with Crippen LogP contribution in [0.15, 0.2) is 41.5 Å². The van der Waals surface area contributed by atoms with Crippen molar-refractivity contribution in [3.05, 3.63) is 64.0 Å². The number of rotatable bonds is 8. The molecule has 0 fully saturated rings. The standard InChI is InChI=1S/C21H19F3N7O5P.2Na/c1-2-6-30-16(8-25)27-19-17(20(30)32)28-18(31(19)12-36-37(33,34)35)14-9-26-29(11-14)10-13-4-3-5-15(7-13)21(22,23)24;;/h3-5,7,9,11H,2,6,10,12H2,1H3,(H2,33,34,35);;/q;2*+1/p-2. The van der Waals surface area contributed by atoms with Gasteiger partial charge in [-0.05, 0) is 24.1 Å². The Hall–Kier alpha value is -1.83. The normalized spacial score (nSPS) is 11.6. The Labute approximate surface area is 263 Å². The number of alkyl halides is 3. The van der Waals surface area contributed by atoms with Crippen molar-refractivity contribution in [3.63, 3.8) is 0 Å². The average Bonchev–Trinajstić information content (AvgIpc) is 3.43. The molecule has 1 aromatic carbocycles. The number of aromatic nitrogens is 6. The number of fused-ring (bicyclic) bond motifs is 1. The van der Waals surface area contributed by atoms with Gasteiger partial charge in [-0.15, -0.1) is 0 Å². The van der Waals surface area contributed by atoms with Crippen LogP contribution in [-0.4, -0.2) is 28.9 Å². The number of benzene rings is 1. The van der Waals surface area contributed by atoms with Crippen LogP contribution in [0.25, 0.3) is 22.6 Å². The van der Waals surface area contributed by atoms with Crippen LogP contribution in [0.5, 0.6) is 0 Å². The van der Waals surface area contributed by atoms with Crippen molar-refractivity contribution in [2.24, 2.45) is 0 Å². The van der Waals surface area contributed by atoms with Crippen molar-refractivity contribution in [3.8, 4) is 17.5 Å². The molecular weight excluding hydrogens is 564 g/mol. The van der Waals surface area contributed by atoms with Gasteiger partial charge >= 0.3 is 65.3 Å². The topological polar surface area (TPSA) is 167 Å². The van der Waals surface area contributed by atoms with Crippen molar-refractivity contribution < 1.29 is 91.2 Å². The monoisotopic (exact) mass is 581 g/mol. The van der Waals surface area contributed by atoms with Crippen LogP contribution < -0.4 is 74.5 Å². The first-order valence-electron chi connectivity index (χ1n) is 10.7. The fourth-order valence-corrected chi connectivity index (χ4v) is 3.93. The zero-order valence-corrected chi connectivity index (χ0v) is 25.9. The molecule has 39 heavy (non-hydrogen) atoms. The second-order valence-electron chi connectivity index (χ2n) is 7.87. The second kappa shape index (κ2) is 13.2. The van der Waals surface area contributed by atoms with Gasteiger partial charge in [-0.2, -0.15) is 23.5 Å². The van der Waals surface area contributed by atoms with Crippen molar-refractivity contribution in [2.75, 3.05) is 0 Å². The molecule has 12 nitrogen and oxygen atoms in total. The summed E-state index contributed by atoms with van der Waals surface area (Å²) in [5.41, 5.74) is -1.35. The summed E-state index contributed by atoms with van der Waals surface area (Å²) in [7, 11) is -5.44. The van der Waals surface area contributed by atoms with Crippen molar-refractivity contribution in [1.82, 2.24) is 28.9 Å². The molecule has 0 bridgehead atoms. The van der Waals surface area contributed by atoms with E-state index < -0.39 is 31.9 Å². The molecule has 194 valence electrons. The van der Waals surface area contributed by atoms with E-state index in [1.807, 2.05) is 0 Å². The van der Waals surface area contributed by atoms with Gasteiger partial charge in [0.25, 0.3) is 5.56 Å². The van der Waals surface area contributed by atoms with E-state index in [1.54, 1.807) is 13.0 Å². The minimum Gasteiger partial charge on any atom is -0.790 e. The average molecular weight is 581 g/mol. The van der Waals surface area contributed by atoms with Gasteiger partial charge in [-0.3, -0.25) is 18.6 Å². The van der Waals surface area contributed by atoms with Gasteiger partial charge < -0.3 is 18.9 Å². The van der Waals surface area contributed by atoms with Gasteiger partial charge in [0.15, 0.2) is 11.2 Å². The third-order valence-corrected chi connectivity index (χ3v) is 5.67. The Morgan fingerprint density at radius 3 is 2.51 bits per heavy atom. The van der Waals surface area contributed by atoms with Crippen LogP contribution in [0.2, 0.25) is 0 Å². The predicted octanol–water partition coefficient (Wildman–Crippen LogP) is -4.38. The number of phosphoric acid groups is 1.